The van der Waals surface area contributed by atoms with Crippen LogP contribution in [0.5, 0.6) is 5.75 Å². The molecule has 2 aliphatic rings. The SMILES string of the molecule is O=C1OCC2=C1C(c1ccc(OCc3ccccc3)cc1)CC(=O)N2c1ccc(Cl)cc1. The second-order valence-electron chi connectivity index (χ2n) is 7.74. The van der Waals surface area contributed by atoms with Gasteiger partial charge in [-0.25, -0.2) is 4.79 Å². The largest absolute Gasteiger partial charge is 0.489 e. The molecule has 32 heavy (non-hydrogen) atoms. The van der Waals surface area contributed by atoms with Crippen molar-refractivity contribution in [2.45, 2.75) is 18.9 Å². The van der Waals surface area contributed by atoms with E-state index in [1.165, 1.54) is 0 Å². The number of carbonyl (C=O) groups excluding carboxylic acids is 2. The Bertz CT molecular complexity index is 1190. The summed E-state index contributed by atoms with van der Waals surface area (Å²) in [6, 6.07) is 24.5. The molecule has 0 saturated heterocycles. The van der Waals surface area contributed by atoms with E-state index in [1.54, 1.807) is 29.2 Å². The molecule has 0 saturated carbocycles. The van der Waals surface area contributed by atoms with Gasteiger partial charge in [0, 0.05) is 23.0 Å². The first kappa shape index (κ1) is 20.3. The van der Waals surface area contributed by atoms with E-state index in [-0.39, 0.29) is 30.8 Å². The van der Waals surface area contributed by atoms with E-state index in [9.17, 15) is 9.59 Å². The highest BCUT2D eigenvalue weighted by atomic mass is 35.5. The molecule has 1 amide bonds. The number of amides is 1. The molecule has 0 aliphatic carbocycles. The lowest BCUT2D eigenvalue weighted by Gasteiger charge is -2.32. The van der Waals surface area contributed by atoms with Crippen LogP contribution >= 0.6 is 11.6 Å². The van der Waals surface area contributed by atoms with Crippen molar-refractivity contribution in [3.05, 3.63) is 106 Å². The number of hydrogen-bond donors (Lipinski definition) is 0. The van der Waals surface area contributed by atoms with Crippen LogP contribution in [0, 0.1) is 0 Å². The van der Waals surface area contributed by atoms with Gasteiger partial charge in [-0.05, 0) is 47.5 Å². The predicted octanol–water partition coefficient (Wildman–Crippen LogP) is 5.25. The third-order valence-electron chi connectivity index (χ3n) is 5.73. The molecule has 2 heterocycles. The van der Waals surface area contributed by atoms with Crippen molar-refractivity contribution in [1.29, 1.82) is 0 Å². The Morgan fingerprint density at radius 1 is 0.938 bits per heavy atom. The molecule has 3 aromatic carbocycles. The first-order valence-electron chi connectivity index (χ1n) is 10.4. The Labute approximate surface area is 190 Å². The van der Waals surface area contributed by atoms with Crippen LogP contribution in [0.3, 0.4) is 0 Å². The zero-order valence-corrected chi connectivity index (χ0v) is 17.9. The molecule has 160 valence electrons. The number of ether oxygens (including phenoxy) is 2. The Kier molecular flexibility index (Phi) is 5.41. The van der Waals surface area contributed by atoms with Crippen molar-refractivity contribution in [2.75, 3.05) is 11.5 Å². The Morgan fingerprint density at radius 3 is 2.38 bits per heavy atom. The van der Waals surface area contributed by atoms with Crippen molar-refractivity contribution in [3.8, 4) is 5.75 Å². The second kappa shape index (κ2) is 8.52. The van der Waals surface area contributed by atoms with Crippen molar-refractivity contribution in [2.24, 2.45) is 0 Å². The summed E-state index contributed by atoms with van der Waals surface area (Å²) in [5.41, 5.74) is 3.78. The molecule has 0 bridgehead atoms. The fraction of sp³-hybridized carbons (Fsp3) is 0.154. The minimum absolute atomic E-state index is 0.0807. The molecule has 0 radical (unpaired) electrons. The quantitative estimate of drug-likeness (QED) is 0.503. The van der Waals surface area contributed by atoms with Crippen LogP contribution in [0.1, 0.15) is 23.5 Å². The average Bonchev–Trinajstić information content (AvgIpc) is 3.20. The molecule has 0 spiro atoms. The minimum atomic E-state index is -0.374. The van der Waals surface area contributed by atoms with E-state index in [1.807, 2.05) is 54.6 Å². The monoisotopic (exact) mass is 445 g/mol. The molecular formula is C26H20ClNO4. The van der Waals surface area contributed by atoms with Crippen LogP contribution < -0.4 is 9.64 Å². The molecule has 1 atom stereocenters. The fourth-order valence-electron chi connectivity index (χ4n) is 4.17. The first-order chi connectivity index (χ1) is 15.6. The lowest BCUT2D eigenvalue weighted by atomic mass is 9.84. The summed E-state index contributed by atoms with van der Waals surface area (Å²) < 4.78 is 11.2. The number of benzene rings is 3. The lowest BCUT2D eigenvalue weighted by Crippen LogP contribution is -2.37. The highest BCUT2D eigenvalue weighted by molar-refractivity contribution is 6.30. The summed E-state index contributed by atoms with van der Waals surface area (Å²) in [5, 5.41) is 0.582. The maximum absolute atomic E-state index is 13.1. The lowest BCUT2D eigenvalue weighted by molar-refractivity contribution is -0.136. The first-order valence-corrected chi connectivity index (χ1v) is 10.7. The van der Waals surface area contributed by atoms with E-state index < -0.39 is 0 Å². The Morgan fingerprint density at radius 2 is 1.66 bits per heavy atom. The summed E-state index contributed by atoms with van der Waals surface area (Å²) in [4.78, 5) is 27.3. The van der Waals surface area contributed by atoms with E-state index in [4.69, 9.17) is 21.1 Å². The normalized spacial score (nSPS) is 17.9. The number of esters is 1. The number of cyclic esters (lactones) is 1. The highest BCUT2D eigenvalue weighted by Gasteiger charge is 2.42. The summed E-state index contributed by atoms with van der Waals surface area (Å²) in [7, 11) is 0. The van der Waals surface area contributed by atoms with Gasteiger partial charge < -0.3 is 9.47 Å². The van der Waals surface area contributed by atoms with Gasteiger partial charge >= 0.3 is 5.97 Å². The molecule has 3 aromatic rings. The van der Waals surface area contributed by atoms with Gasteiger partial charge in [-0.2, -0.15) is 0 Å². The summed E-state index contributed by atoms with van der Waals surface area (Å²) in [5.74, 6) is -0.0791. The summed E-state index contributed by atoms with van der Waals surface area (Å²) in [6.45, 7) is 0.553. The highest BCUT2D eigenvalue weighted by Crippen LogP contribution is 2.42. The van der Waals surface area contributed by atoms with Gasteiger partial charge in [0.2, 0.25) is 5.91 Å². The van der Waals surface area contributed by atoms with Gasteiger partial charge in [0.15, 0.2) is 0 Å². The molecule has 2 aliphatic heterocycles. The molecule has 5 nitrogen and oxygen atoms in total. The van der Waals surface area contributed by atoms with E-state index in [2.05, 4.69) is 0 Å². The fourth-order valence-corrected chi connectivity index (χ4v) is 4.29. The van der Waals surface area contributed by atoms with Crippen molar-refractivity contribution in [3.63, 3.8) is 0 Å². The predicted molar refractivity (Wildman–Crippen MR) is 121 cm³/mol. The van der Waals surface area contributed by atoms with Crippen molar-refractivity contribution in [1.82, 2.24) is 0 Å². The molecule has 5 rings (SSSR count). The van der Waals surface area contributed by atoms with E-state index >= 15 is 0 Å². The van der Waals surface area contributed by atoms with Crippen LogP contribution in [-0.4, -0.2) is 18.5 Å². The molecular weight excluding hydrogens is 426 g/mol. The van der Waals surface area contributed by atoms with Gasteiger partial charge in [-0.3, -0.25) is 9.69 Å². The van der Waals surface area contributed by atoms with E-state index in [0.717, 1.165) is 16.9 Å². The minimum Gasteiger partial charge on any atom is -0.489 e. The maximum Gasteiger partial charge on any atom is 0.336 e. The van der Waals surface area contributed by atoms with Crippen LogP contribution in [0.15, 0.2) is 90.1 Å². The Balaban J connectivity index is 1.40. The zero-order valence-electron chi connectivity index (χ0n) is 17.2. The third-order valence-corrected chi connectivity index (χ3v) is 5.98. The number of anilines is 1. The van der Waals surface area contributed by atoms with Crippen molar-refractivity contribution < 1.29 is 19.1 Å². The Hall–Kier alpha value is -3.57. The standard InChI is InChI=1S/C26H20ClNO4/c27-19-8-10-20(11-9-19)28-23-16-32-26(30)25(23)22(14-24(28)29)18-6-12-21(13-7-18)31-15-17-4-2-1-3-5-17/h1-13,22H,14-16H2. The third kappa shape index (κ3) is 3.87. The topological polar surface area (TPSA) is 55.8 Å². The number of nitrogens with zero attached hydrogens (tertiary/aromatic N) is 1. The van der Waals surface area contributed by atoms with Gasteiger partial charge in [-0.1, -0.05) is 54.1 Å². The molecule has 0 fully saturated rings. The zero-order chi connectivity index (χ0) is 22.1. The molecule has 6 heteroatoms. The van der Waals surface area contributed by atoms with Crippen LogP contribution in [0.4, 0.5) is 5.69 Å². The van der Waals surface area contributed by atoms with Crippen molar-refractivity contribution >= 4 is 29.2 Å². The number of rotatable bonds is 5. The molecule has 0 N–H and O–H groups in total. The summed E-state index contributed by atoms with van der Waals surface area (Å²) in [6.07, 6.45) is 0.181. The van der Waals surface area contributed by atoms with Gasteiger partial charge in [-0.15, -0.1) is 0 Å². The van der Waals surface area contributed by atoms with E-state index in [0.29, 0.717) is 28.6 Å². The maximum atomic E-state index is 13.1. The number of carbonyl (C=O) groups is 2. The van der Waals surface area contributed by atoms with Crippen LogP contribution in [-0.2, 0) is 20.9 Å². The summed E-state index contributed by atoms with van der Waals surface area (Å²) >= 11 is 5.99. The number of halogens is 1. The average molecular weight is 446 g/mol. The van der Waals surface area contributed by atoms with Gasteiger partial charge in [0.25, 0.3) is 0 Å². The second-order valence-corrected chi connectivity index (χ2v) is 8.18. The molecule has 1 unspecified atom stereocenters. The van der Waals surface area contributed by atoms with Crippen LogP contribution in [0.2, 0.25) is 5.02 Å². The van der Waals surface area contributed by atoms with Gasteiger partial charge in [0.05, 0.1) is 11.3 Å². The van der Waals surface area contributed by atoms with Crippen LogP contribution in [0.25, 0.3) is 0 Å². The molecule has 0 aromatic heterocycles. The van der Waals surface area contributed by atoms with Gasteiger partial charge in [0.1, 0.15) is 19.0 Å². The number of hydrogen-bond acceptors (Lipinski definition) is 4. The smallest absolute Gasteiger partial charge is 0.336 e.